The van der Waals surface area contributed by atoms with Crippen molar-refractivity contribution in [3.8, 4) is 24.3 Å². The van der Waals surface area contributed by atoms with Gasteiger partial charge in [0.25, 0.3) is 0 Å². The van der Waals surface area contributed by atoms with E-state index >= 15 is 0 Å². The quantitative estimate of drug-likeness (QED) is 0.121. The molecular weight excluding hydrogens is 805 g/mol. The van der Waals surface area contributed by atoms with Crippen molar-refractivity contribution in [1.82, 2.24) is 0 Å². The Hall–Kier alpha value is -6.15. The third-order valence-corrected chi connectivity index (χ3v) is 15.9. The van der Waals surface area contributed by atoms with Gasteiger partial charge in [-0.05, 0) is 113 Å². The van der Waals surface area contributed by atoms with E-state index < -0.39 is 40.6 Å². The van der Waals surface area contributed by atoms with Gasteiger partial charge in [-0.15, -0.1) is 22.7 Å². The van der Waals surface area contributed by atoms with Crippen LogP contribution >= 0.6 is 22.7 Å². The maximum atomic E-state index is 14.7. The molecule has 2 heterocycles. The van der Waals surface area contributed by atoms with Crippen LogP contribution in [-0.4, -0.2) is 10.9 Å². The van der Waals surface area contributed by atoms with Gasteiger partial charge >= 0.3 is 0 Å². The number of aliphatic hydroxyl groups is 1. The molecule has 2 aromatic heterocycles. The van der Waals surface area contributed by atoms with Crippen LogP contribution in [0.1, 0.15) is 113 Å². The van der Waals surface area contributed by atoms with Gasteiger partial charge in [0.15, 0.2) is 29.1 Å². The number of nitrogens with zero attached hydrogens (tertiary/aromatic N) is 4. The molecule has 0 saturated heterocycles. The summed E-state index contributed by atoms with van der Waals surface area (Å²) < 4.78 is 60.2. The monoisotopic (exact) mass is 834 g/mol. The fraction of sp³-hybridized carbons (Fsp3) is 0.271. The van der Waals surface area contributed by atoms with Gasteiger partial charge in [0.05, 0.1) is 4.70 Å². The molecule has 2 saturated carbocycles. The number of benzene rings is 2. The molecule has 2 spiro atoms. The summed E-state index contributed by atoms with van der Waals surface area (Å²) in [6.07, 6.45) is 13.7. The van der Waals surface area contributed by atoms with Crippen LogP contribution in [0.2, 0.25) is 0 Å². The number of thiophene rings is 2. The first-order chi connectivity index (χ1) is 29.0. The highest BCUT2D eigenvalue weighted by Gasteiger charge is 2.56. The van der Waals surface area contributed by atoms with Crippen LogP contribution in [0.25, 0.3) is 32.2 Å². The summed E-state index contributed by atoms with van der Waals surface area (Å²) in [5.74, 6) is -5.22. The molecule has 1 N–H and O–H groups in total. The van der Waals surface area contributed by atoms with E-state index in [1.807, 2.05) is 30.3 Å². The van der Waals surface area contributed by atoms with Gasteiger partial charge < -0.3 is 5.11 Å². The predicted octanol–water partition coefficient (Wildman–Crippen LogP) is 11.9. The summed E-state index contributed by atoms with van der Waals surface area (Å²) >= 11 is 3.22. The highest BCUT2D eigenvalue weighted by molar-refractivity contribution is 7.29. The zero-order valence-electron chi connectivity index (χ0n) is 31.7. The predicted molar refractivity (Wildman–Crippen MR) is 219 cm³/mol. The Morgan fingerprint density at radius 2 is 1.27 bits per heavy atom. The molecule has 6 nitrogen and oxygen atoms in total. The van der Waals surface area contributed by atoms with Gasteiger partial charge in [0.1, 0.15) is 41.5 Å². The number of carbonyl (C=O) groups is 1. The summed E-state index contributed by atoms with van der Waals surface area (Å²) in [5.41, 5.74) is 3.63. The van der Waals surface area contributed by atoms with Crippen LogP contribution in [-0.2, 0) is 5.41 Å². The Balaban J connectivity index is 1.14. The maximum Gasteiger partial charge on any atom is 0.194 e. The molecule has 2 fully saturated rings. The smallest absolute Gasteiger partial charge is 0.194 e. The minimum atomic E-state index is -1.39. The Morgan fingerprint density at radius 1 is 0.700 bits per heavy atom. The van der Waals surface area contributed by atoms with E-state index in [1.165, 1.54) is 32.9 Å². The maximum absolute atomic E-state index is 14.7. The number of fused-ring (bicyclic) bond motifs is 9. The number of hydrogen-bond donors (Lipinski definition) is 1. The summed E-state index contributed by atoms with van der Waals surface area (Å²) in [4.78, 5) is 16.0. The molecule has 0 radical (unpaired) electrons. The van der Waals surface area contributed by atoms with Crippen LogP contribution in [0.3, 0.4) is 0 Å². The SMILES string of the molecule is N#CC(C#N)=C1/C(=C/C2=CC3=C(c4sc5cc(/C=C6/C(=C(C#N)C#N)c7cc(F)c(F)cc7C6O)sc5c4C34CCCCC4)C23CCCCC3)C(=O)c2cc(F)c(F)cc21. The first kappa shape index (κ1) is 38.1. The summed E-state index contributed by atoms with van der Waals surface area (Å²) in [6.45, 7) is 0. The van der Waals surface area contributed by atoms with Crippen molar-refractivity contribution in [1.29, 1.82) is 21.0 Å². The largest absolute Gasteiger partial charge is 0.384 e. The lowest BCUT2D eigenvalue weighted by Gasteiger charge is -2.38. The molecule has 6 aliphatic carbocycles. The lowest BCUT2D eigenvalue weighted by molar-refractivity contribution is 0.104. The lowest BCUT2D eigenvalue weighted by atomic mass is 9.66. The highest BCUT2D eigenvalue weighted by atomic mass is 32.1. The third kappa shape index (κ3) is 5.12. The van der Waals surface area contributed by atoms with Gasteiger partial charge in [-0.2, -0.15) is 21.0 Å². The molecule has 2 aromatic carbocycles. The van der Waals surface area contributed by atoms with E-state index in [0.717, 1.165) is 108 Å². The van der Waals surface area contributed by atoms with Crippen LogP contribution in [0.15, 0.2) is 75.9 Å². The number of allylic oxidation sites excluding steroid dienone is 9. The topological polar surface area (TPSA) is 132 Å². The molecule has 12 heteroatoms. The Kier molecular flexibility index (Phi) is 8.69. The second kappa shape index (κ2) is 13.7. The Labute approximate surface area is 349 Å². The van der Waals surface area contributed by atoms with Gasteiger partial charge in [-0.3, -0.25) is 4.79 Å². The molecule has 60 heavy (non-hydrogen) atoms. The van der Waals surface area contributed by atoms with Crippen LogP contribution in [0, 0.1) is 74.0 Å². The number of Topliss-reactive ketones (excluding diaryl/α,β-unsaturated/α-hetero) is 1. The van der Waals surface area contributed by atoms with Crippen molar-refractivity contribution in [3.63, 3.8) is 0 Å². The molecule has 1 unspecified atom stereocenters. The van der Waals surface area contributed by atoms with Gasteiger partial charge in [0, 0.05) is 47.6 Å². The summed E-state index contributed by atoms with van der Waals surface area (Å²) in [5, 5.41) is 51.2. The van der Waals surface area contributed by atoms with Gasteiger partial charge in [0.2, 0.25) is 0 Å². The molecule has 4 aromatic rings. The number of ketones is 1. The van der Waals surface area contributed by atoms with Crippen molar-refractivity contribution >= 4 is 60.7 Å². The van der Waals surface area contributed by atoms with E-state index in [1.54, 1.807) is 23.5 Å². The fourth-order valence-corrected chi connectivity index (χ4v) is 13.9. The number of nitriles is 4. The van der Waals surface area contributed by atoms with E-state index in [0.29, 0.717) is 0 Å². The summed E-state index contributed by atoms with van der Waals surface area (Å²) in [6, 6.07) is 13.1. The molecular formula is C48H30F4N4O2S2. The van der Waals surface area contributed by atoms with Crippen LogP contribution in [0.4, 0.5) is 17.6 Å². The van der Waals surface area contributed by atoms with Crippen molar-refractivity contribution in [2.75, 3.05) is 0 Å². The van der Waals surface area contributed by atoms with E-state index in [-0.39, 0.29) is 61.1 Å². The van der Waals surface area contributed by atoms with Crippen molar-refractivity contribution in [2.45, 2.75) is 75.7 Å². The van der Waals surface area contributed by atoms with Crippen molar-refractivity contribution in [3.05, 3.63) is 137 Å². The van der Waals surface area contributed by atoms with Gasteiger partial charge in [-0.1, -0.05) is 44.6 Å². The number of halogens is 4. The molecule has 0 bridgehead atoms. The third-order valence-electron chi connectivity index (χ3n) is 13.5. The normalized spacial score (nSPS) is 21.9. The number of hydrogen-bond acceptors (Lipinski definition) is 8. The van der Waals surface area contributed by atoms with Crippen LogP contribution in [0.5, 0.6) is 0 Å². The summed E-state index contributed by atoms with van der Waals surface area (Å²) in [7, 11) is 0. The number of carbonyl (C=O) groups excluding carboxylic acids is 1. The first-order valence-corrected chi connectivity index (χ1v) is 21.4. The number of rotatable bonds is 2. The van der Waals surface area contributed by atoms with Crippen LogP contribution < -0.4 is 0 Å². The first-order valence-electron chi connectivity index (χ1n) is 19.8. The lowest BCUT2D eigenvalue weighted by Crippen LogP contribution is -2.28. The molecule has 10 rings (SSSR count). The molecule has 0 aliphatic heterocycles. The average Bonchev–Trinajstić information content (AvgIpc) is 4.04. The minimum Gasteiger partial charge on any atom is -0.384 e. The highest BCUT2D eigenvalue weighted by Crippen LogP contribution is 2.70. The fourth-order valence-electron chi connectivity index (χ4n) is 11.0. The molecule has 6 aliphatic rings. The van der Waals surface area contributed by atoms with E-state index in [9.17, 15) is 48.5 Å². The minimum absolute atomic E-state index is 0.0181. The van der Waals surface area contributed by atoms with E-state index in [2.05, 4.69) is 6.08 Å². The van der Waals surface area contributed by atoms with E-state index in [4.69, 9.17) is 0 Å². The molecule has 1 atom stereocenters. The zero-order valence-corrected chi connectivity index (χ0v) is 33.4. The van der Waals surface area contributed by atoms with Crippen molar-refractivity contribution in [2.24, 2.45) is 5.41 Å². The standard InChI is InChI=1S/C48H30F4N4O2S2/c49-34-15-27-29(17-36(34)51)43(57)31(39(27)23(19-53)20-54)11-25-12-33-41(47(25)7-3-1-4-8-47)46-42(48(33)9-5-2-6-10-48)45-38(60-46)14-26(59-45)13-32-40(24(21-55)22-56)28-16-35(50)37(52)18-30(28)44(32)58/h11-18,44,58H,1-10H2/b31-11-,32-13-. The molecule has 0 amide bonds. The molecule has 294 valence electrons. The second-order valence-electron chi connectivity index (χ2n) is 16.3. The zero-order chi connectivity index (χ0) is 41.8. The van der Waals surface area contributed by atoms with Gasteiger partial charge in [-0.25, -0.2) is 17.6 Å². The average molecular weight is 835 g/mol. The number of aliphatic hydroxyl groups excluding tert-OH is 1. The Bertz CT molecular complexity index is 3050. The second-order valence-corrected chi connectivity index (χ2v) is 18.5. The van der Waals surface area contributed by atoms with Crippen molar-refractivity contribution < 1.29 is 27.5 Å². The Morgan fingerprint density at radius 3 is 1.90 bits per heavy atom.